The third kappa shape index (κ3) is 6.81. The van der Waals surface area contributed by atoms with Crippen molar-refractivity contribution in [3.05, 3.63) is 108 Å². The number of halogens is 1. The number of carboxylic acids is 1. The van der Waals surface area contributed by atoms with E-state index >= 15 is 0 Å². The number of hydrogen-bond acceptors (Lipinski definition) is 5. The molecule has 8 heteroatoms. The summed E-state index contributed by atoms with van der Waals surface area (Å²) in [6.45, 7) is 4.10. The van der Waals surface area contributed by atoms with E-state index in [9.17, 15) is 14.7 Å². The molecule has 41 heavy (non-hydrogen) atoms. The van der Waals surface area contributed by atoms with E-state index in [1.165, 1.54) is 47.2 Å². The maximum Gasteiger partial charge on any atom is 0.415 e. The molecule has 4 aromatic rings. The summed E-state index contributed by atoms with van der Waals surface area (Å²) in [5.41, 5.74) is 2.53. The number of benzene rings is 4. The lowest BCUT2D eigenvalue weighted by Gasteiger charge is -2.39. The van der Waals surface area contributed by atoms with Crippen molar-refractivity contribution in [1.29, 1.82) is 0 Å². The van der Waals surface area contributed by atoms with Crippen LogP contribution in [0.15, 0.2) is 91.0 Å². The fourth-order valence-electron chi connectivity index (χ4n) is 5.60. The van der Waals surface area contributed by atoms with Crippen LogP contribution in [0.4, 0.5) is 4.79 Å². The largest absolute Gasteiger partial charge is 0.493 e. The first kappa shape index (κ1) is 29.9. The van der Waals surface area contributed by atoms with Crippen molar-refractivity contribution >= 4 is 35.2 Å². The van der Waals surface area contributed by atoms with Gasteiger partial charge in [-0.3, -0.25) is 0 Å². The molecular formula is C33H35ClN2O5. The van der Waals surface area contributed by atoms with Crippen LogP contribution in [0.1, 0.15) is 46.8 Å². The van der Waals surface area contributed by atoms with Crippen molar-refractivity contribution in [3.63, 3.8) is 0 Å². The highest BCUT2D eigenvalue weighted by molar-refractivity contribution is 5.89. The van der Waals surface area contributed by atoms with Gasteiger partial charge in [0.1, 0.15) is 0 Å². The number of piperidine rings is 1. The smallest absolute Gasteiger partial charge is 0.415 e. The van der Waals surface area contributed by atoms with Crippen LogP contribution >= 0.6 is 12.4 Å². The quantitative estimate of drug-likeness (QED) is 0.237. The second-order valence-corrected chi connectivity index (χ2v) is 10.2. The lowest BCUT2D eigenvalue weighted by atomic mass is 9.80. The molecule has 2 unspecified atom stereocenters. The molecule has 214 valence electrons. The summed E-state index contributed by atoms with van der Waals surface area (Å²) >= 11 is 0. The molecule has 7 nitrogen and oxygen atoms in total. The van der Waals surface area contributed by atoms with E-state index in [2.05, 4.69) is 66.8 Å². The average Bonchev–Trinajstić information content (AvgIpc) is 3.00. The highest BCUT2D eigenvalue weighted by Crippen LogP contribution is 2.35. The van der Waals surface area contributed by atoms with Gasteiger partial charge in [0.2, 0.25) is 0 Å². The Morgan fingerprint density at radius 2 is 1.71 bits per heavy atom. The van der Waals surface area contributed by atoms with Crippen molar-refractivity contribution in [2.24, 2.45) is 5.92 Å². The molecule has 0 spiro atoms. The third-order valence-electron chi connectivity index (χ3n) is 7.83. The number of ether oxygens (including phenoxy) is 2. The standard InChI is InChI=1S/C33H34N2O5.ClH/c1-22(27-14-8-12-23-11-6-7-13-28(23)27)34-20-26-17-18-35(21-29(26)24-9-4-3-5-10-24)33(38)40-30-16-15-25(32(36)37)19-31(30)39-2;/h3-16,19,22,26,29,34H,17-18,20-21H2,1-2H3,(H,36,37);1H/t22-,26?,29?;/m1./s1. The highest BCUT2D eigenvalue weighted by atomic mass is 35.5. The van der Waals surface area contributed by atoms with Gasteiger partial charge in [-0.15, -0.1) is 12.4 Å². The van der Waals surface area contributed by atoms with Crippen LogP contribution in [-0.4, -0.2) is 48.8 Å². The third-order valence-corrected chi connectivity index (χ3v) is 7.83. The minimum absolute atomic E-state index is 0. The molecule has 1 heterocycles. The van der Waals surface area contributed by atoms with Gasteiger partial charge in [-0.2, -0.15) is 0 Å². The van der Waals surface area contributed by atoms with Crippen LogP contribution in [-0.2, 0) is 0 Å². The minimum atomic E-state index is -1.08. The van der Waals surface area contributed by atoms with Crippen molar-refractivity contribution in [2.45, 2.75) is 25.3 Å². The number of amides is 1. The molecule has 0 aromatic heterocycles. The van der Waals surface area contributed by atoms with Gasteiger partial charge < -0.3 is 24.8 Å². The van der Waals surface area contributed by atoms with Gasteiger partial charge in [0, 0.05) is 25.0 Å². The average molecular weight is 575 g/mol. The summed E-state index contributed by atoms with van der Waals surface area (Å²) < 4.78 is 11.0. The maximum absolute atomic E-state index is 13.2. The van der Waals surface area contributed by atoms with Gasteiger partial charge in [0.25, 0.3) is 0 Å². The Bertz CT molecular complexity index is 1490. The zero-order valence-corrected chi connectivity index (χ0v) is 24.0. The topological polar surface area (TPSA) is 88.1 Å². The maximum atomic E-state index is 13.2. The van der Waals surface area contributed by atoms with Gasteiger partial charge in [0.15, 0.2) is 11.5 Å². The van der Waals surface area contributed by atoms with Gasteiger partial charge in [-0.1, -0.05) is 72.8 Å². The van der Waals surface area contributed by atoms with E-state index in [0.29, 0.717) is 19.0 Å². The number of carbonyl (C=O) groups is 2. The number of carbonyl (C=O) groups excluding carboxylic acids is 1. The second-order valence-electron chi connectivity index (χ2n) is 10.2. The summed E-state index contributed by atoms with van der Waals surface area (Å²) in [6.07, 6.45) is 0.344. The molecule has 0 aliphatic carbocycles. The molecular weight excluding hydrogens is 540 g/mol. The number of methoxy groups -OCH3 is 1. The number of aromatic carboxylic acids is 1. The Balaban J connectivity index is 0.00000387. The molecule has 3 atom stereocenters. The SMILES string of the molecule is COc1cc(C(=O)O)ccc1OC(=O)N1CCC(CN[C@H](C)c2cccc3ccccc23)C(c2ccccc2)C1.Cl. The molecule has 1 aliphatic rings. The van der Waals surface area contributed by atoms with E-state index in [1.807, 2.05) is 18.2 Å². The predicted octanol–water partition coefficient (Wildman–Crippen LogP) is 6.92. The summed E-state index contributed by atoms with van der Waals surface area (Å²) in [7, 11) is 1.42. The first-order valence-electron chi connectivity index (χ1n) is 13.6. The Hall–Kier alpha value is -4.07. The fraction of sp³-hybridized carbons (Fsp3) is 0.273. The summed E-state index contributed by atoms with van der Waals surface area (Å²) in [4.78, 5) is 26.3. The van der Waals surface area contributed by atoms with Crippen LogP contribution in [0.2, 0.25) is 0 Å². The van der Waals surface area contributed by atoms with Gasteiger partial charge >= 0.3 is 12.1 Å². The number of nitrogens with zero attached hydrogens (tertiary/aromatic N) is 1. The summed E-state index contributed by atoms with van der Waals surface area (Å²) in [5, 5.41) is 15.5. The molecule has 2 N–H and O–H groups in total. The molecule has 4 aromatic carbocycles. The highest BCUT2D eigenvalue weighted by Gasteiger charge is 2.34. The van der Waals surface area contributed by atoms with Crippen molar-refractivity contribution in [1.82, 2.24) is 10.2 Å². The lowest BCUT2D eigenvalue weighted by Crippen LogP contribution is -2.46. The first-order chi connectivity index (χ1) is 19.4. The van der Waals surface area contributed by atoms with Crippen LogP contribution in [0.3, 0.4) is 0 Å². The van der Waals surface area contributed by atoms with E-state index < -0.39 is 12.1 Å². The van der Waals surface area contributed by atoms with Crippen LogP contribution < -0.4 is 14.8 Å². The Kier molecular flexibility index (Phi) is 9.86. The van der Waals surface area contributed by atoms with E-state index in [4.69, 9.17) is 9.47 Å². The van der Waals surface area contributed by atoms with E-state index in [0.717, 1.165) is 13.0 Å². The van der Waals surface area contributed by atoms with E-state index in [-0.39, 0.29) is 41.4 Å². The molecule has 1 amide bonds. The predicted molar refractivity (Wildman–Crippen MR) is 162 cm³/mol. The summed E-state index contributed by atoms with van der Waals surface area (Å²) in [5.74, 6) is -0.220. The van der Waals surface area contributed by atoms with Gasteiger partial charge in [0.05, 0.1) is 12.7 Å². The number of fused-ring (bicyclic) bond motifs is 1. The number of rotatable bonds is 8. The van der Waals surface area contributed by atoms with E-state index in [1.54, 1.807) is 4.90 Å². The van der Waals surface area contributed by atoms with Gasteiger partial charge in [-0.25, -0.2) is 9.59 Å². The number of hydrogen-bond donors (Lipinski definition) is 2. The molecule has 1 saturated heterocycles. The molecule has 0 bridgehead atoms. The number of carboxylic acid groups (broad SMARTS) is 1. The Labute approximate surface area is 246 Å². The Morgan fingerprint density at radius 1 is 0.976 bits per heavy atom. The zero-order chi connectivity index (χ0) is 28.1. The molecule has 1 aliphatic heterocycles. The second kappa shape index (κ2) is 13.5. The summed E-state index contributed by atoms with van der Waals surface area (Å²) in [6, 6.07) is 29.6. The normalized spacial score (nSPS) is 17.4. The zero-order valence-electron chi connectivity index (χ0n) is 23.2. The van der Waals surface area contributed by atoms with Crippen LogP contribution in [0.5, 0.6) is 11.5 Å². The van der Waals surface area contributed by atoms with Crippen LogP contribution in [0.25, 0.3) is 10.8 Å². The van der Waals surface area contributed by atoms with Crippen molar-refractivity contribution in [3.8, 4) is 11.5 Å². The lowest BCUT2D eigenvalue weighted by molar-refractivity contribution is 0.0696. The molecule has 0 saturated carbocycles. The molecule has 5 rings (SSSR count). The van der Waals surface area contributed by atoms with Crippen molar-refractivity contribution in [2.75, 3.05) is 26.7 Å². The first-order valence-corrected chi connectivity index (χ1v) is 13.6. The van der Waals surface area contributed by atoms with Crippen molar-refractivity contribution < 1.29 is 24.2 Å². The molecule has 0 radical (unpaired) electrons. The fourth-order valence-corrected chi connectivity index (χ4v) is 5.60. The van der Waals surface area contributed by atoms with Crippen LogP contribution in [0, 0.1) is 5.92 Å². The monoisotopic (exact) mass is 574 g/mol. The number of likely N-dealkylation sites (tertiary alicyclic amines) is 1. The number of nitrogens with one attached hydrogen (secondary N) is 1. The molecule has 1 fully saturated rings. The minimum Gasteiger partial charge on any atom is -0.493 e. The Morgan fingerprint density at radius 3 is 2.46 bits per heavy atom. The van der Waals surface area contributed by atoms with Gasteiger partial charge in [-0.05, 0) is 65.9 Å².